The number of anilines is 1. The number of aliphatic hydroxyl groups excluding tert-OH is 1. The Bertz CT molecular complexity index is 629. The average molecular weight is 388 g/mol. The van der Waals surface area contributed by atoms with Gasteiger partial charge in [-0.25, -0.2) is 0 Å². The van der Waals surface area contributed by atoms with E-state index >= 15 is 0 Å². The van der Waals surface area contributed by atoms with E-state index in [0.717, 1.165) is 43.1 Å². The monoisotopic (exact) mass is 387 g/mol. The average Bonchev–Trinajstić information content (AvgIpc) is 2.70. The summed E-state index contributed by atoms with van der Waals surface area (Å²) in [5.41, 5.74) is 7.93. The molecule has 2 saturated carbocycles. The lowest BCUT2D eigenvalue weighted by Gasteiger charge is -2.30. The molecule has 0 heterocycles. The maximum absolute atomic E-state index is 9.95. The number of rotatable bonds is 8. The number of aliphatic hydroxyl groups is 1. The third-order valence-corrected chi connectivity index (χ3v) is 6.99. The highest BCUT2D eigenvalue weighted by Crippen LogP contribution is 2.44. The van der Waals surface area contributed by atoms with Gasteiger partial charge < -0.3 is 20.7 Å². The fourth-order valence-corrected chi connectivity index (χ4v) is 5.23. The number of unbranched alkanes of at least 4 members (excludes halogenated alkanes) is 1. The molecule has 2 aliphatic carbocycles. The van der Waals surface area contributed by atoms with E-state index < -0.39 is 0 Å². The van der Waals surface area contributed by atoms with Crippen LogP contribution in [0.25, 0.3) is 0 Å². The van der Waals surface area contributed by atoms with Gasteiger partial charge >= 0.3 is 0 Å². The van der Waals surface area contributed by atoms with Gasteiger partial charge in [-0.3, -0.25) is 0 Å². The van der Waals surface area contributed by atoms with Crippen molar-refractivity contribution in [2.45, 2.75) is 89.1 Å². The van der Waals surface area contributed by atoms with Gasteiger partial charge in [0, 0.05) is 0 Å². The molecule has 0 radical (unpaired) electrons. The van der Waals surface area contributed by atoms with Crippen LogP contribution in [0.5, 0.6) is 11.5 Å². The van der Waals surface area contributed by atoms with Crippen LogP contribution in [0.3, 0.4) is 0 Å². The van der Waals surface area contributed by atoms with Crippen LogP contribution < -0.4 is 10.5 Å². The molecule has 0 aromatic heterocycles. The topological polar surface area (TPSA) is 75.7 Å². The fourth-order valence-electron chi connectivity index (χ4n) is 5.23. The highest BCUT2D eigenvalue weighted by atomic mass is 16.5. The second-order valence-electron chi connectivity index (χ2n) is 8.88. The Labute approximate surface area is 169 Å². The molecule has 0 bridgehead atoms. The van der Waals surface area contributed by atoms with Gasteiger partial charge in [-0.1, -0.05) is 38.3 Å². The summed E-state index contributed by atoms with van der Waals surface area (Å²) in [6.45, 7) is 3.56. The second kappa shape index (κ2) is 10.2. The lowest BCUT2D eigenvalue weighted by atomic mass is 9.76. The number of aromatic hydroxyl groups is 1. The molecule has 156 valence electrons. The smallest absolute Gasteiger partial charge is 0.191 e. The van der Waals surface area contributed by atoms with Crippen molar-refractivity contribution in [3.63, 3.8) is 0 Å². The summed E-state index contributed by atoms with van der Waals surface area (Å²) in [7, 11) is 0. The SMILES string of the molecule is C=COc1c(O)ccc(C2CCC(CCCCC3CCC(O)CC3)CC2)c1N. The second-order valence-corrected chi connectivity index (χ2v) is 8.88. The largest absolute Gasteiger partial charge is 0.504 e. The molecule has 4 heteroatoms. The minimum absolute atomic E-state index is 0.0338. The maximum atomic E-state index is 9.95. The third-order valence-electron chi connectivity index (χ3n) is 6.99. The number of hydrogen-bond donors (Lipinski definition) is 3. The van der Waals surface area contributed by atoms with Crippen LogP contribution in [0.1, 0.15) is 88.5 Å². The summed E-state index contributed by atoms with van der Waals surface area (Å²) in [5, 5.41) is 19.6. The summed E-state index contributed by atoms with van der Waals surface area (Å²) in [6, 6.07) is 3.63. The lowest BCUT2D eigenvalue weighted by molar-refractivity contribution is 0.105. The zero-order chi connectivity index (χ0) is 19.9. The van der Waals surface area contributed by atoms with E-state index in [0.29, 0.717) is 17.4 Å². The summed E-state index contributed by atoms with van der Waals surface area (Å²) in [5.74, 6) is 2.56. The van der Waals surface area contributed by atoms with Crippen molar-refractivity contribution in [2.75, 3.05) is 5.73 Å². The van der Waals surface area contributed by atoms with Crippen molar-refractivity contribution in [3.05, 3.63) is 30.5 Å². The molecule has 0 atom stereocenters. The lowest BCUT2D eigenvalue weighted by Crippen LogP contribution is -2.18. The molecule has 1 aromatic rings. The zero-order valence-electron chi connectivity index (χ0n) is 17.1. The predicted octanol–water partition coefficient (Wildman–Crippen LogP) is 5.88. The third kappa shape index (κ3) is 5.44. The Morgan fingerprint density at radius 3 is 2.11 bits per heavy atom. The normalized spacial score (nSPS) is 28.0. The Morgan fingerprint density at radius 1 is 0.964 bits per heavy atom. The molecule has 4 N–H and O–H groups in total. The van der Waals surface area contributed by atoms with Crippen molar-refractivity contribution in [1.29, 1.82) is 0 Å². The van der Waals surface area contributed by atoms with E-state index in [9.17, 15) is 10.2 Å². The molecule has 1 aromatic carbocycles. The number of ether oxygens (including phenoxy) is 1. The number of nitrogens with two attached hydrogens (primary N) is 1. The molecule has 2 aliphatic rings. The van der Waals surface area contributed by atoms with Crippen molar-refractivity contribution in [2.24, 2.45) is 11.8 Å². The summed E-state index contributed by atoms with van der Waals surface area (Å²) in [6.07, 6.45) is 15.9. The van der Waals surface area contributed by atoms with Gasteiger partial charge in [-0.05, 0) is 80.8 Å². The van der Waals surface area contributed by atoms with Crippen molar-refractivity contribution in [1.82, 2.24) is 0 Å². The van der Waals surface area contributed by atoms with Gasteiger partial charge in [0.05, 0.1) is 18.1 Å². The number of phenols is 1. The summed E-state index contributed by atoms with van der Waals surface area (Å²) in [4.78, 5) is 0. The number of nitrogen functional groups attached to an aromatic ring is 1. The molecule has 2 fully saturated rings. The van der Waals surface area contributed by atoms with Crippen molar-refractivity contribution in [3.8, 4) is 11.5 Å². The number of phenolic OH excluding ortho intramolecular Hbond substituents is 1. The van der Waals surface area contributed by atoms with E-state index in [1.54, 1.807) is 6.07 Å². The van der Waals surface area contributed by atoms with Gasteiger partial charge in [0.15, 0.2) is 11.5 Å². The van der Waals surface area contributed by atoms with Crippen molar-refractivity contribution < 1.29 is 14.9 Å². The van der Waals surface area contributed by atoms with Gasteiger partial charge in [-0.2, -0.15) is 0 Å². The Hall–Kier alpha value is -1.68. The predicted molar refractivity (Wildman–Crippen MR) is 114 cm³/mol. The Kier molecular flexibility index (Phi) is 7.66. The zero-order valence-corrected chi connectivity index (χ0v) is 17.1. The van der Waals surface area contributed by atoms with E-state index in [1.807, 2.05) is 6.07 Å². The maximum Gasteiger partial charge on any atom is 0.191 e. The molecule has 4 nitrogen and oxygen atoms in total. The van der Waals surface area contributed by atoms with Crippen LogP contribution in [0, 0.1) is 11.8 Å². The van der Waals surface area contributed by atoms with Crippen LogP contribution in [0.15, 0.2) is 25.0 Å². The highest BCUT2D eigenvalue weighted by molar-refractivity contribution is 5.65. The quantitative estimate of drug-likeness (QED) is 0.296. The van der Waals surface area contributed by atoms with Crippen molar-refractivity contribution >= 4 is 5.69 Å². The van der Waals surface area contributed by atoms with Crippen LogP contribution in [-0.4, -0.2) is 16.3 Å². The number of hydrogen-bond acceptors (Lipinski definition) is 4. The molecule has 3 rings (SSSR count). The fraction of sp³-hybridized carbons (Fsp3) is 0.667. The molecule has 28 heavy (non-hydrogen) atoms. The highest BCUT2D eigenvalue weighted by Gasteiger charge is 2.25. The van der Waals surface area contributed by atoms with Crippen LogP contribution >= 0.6 is 0 Å². The molecule has 0 aliphatic heterocycles. The molecular weight excluding hydrogens is 350 g/mol. The first-order valence-corrected chi connectivity index (χ1v) is 11.2. The van der Waals surface area contributed by atoms with E-state index in [2.05, 4.69) is 6.58 Å². The van der Waals surface area contributed by atoms with Crippen LogP contribution in [0.2, 0.25) is 0 Å². The van der Waals surface area contributed by atoms with Gasteiger partial charge in [0.1, 0.15) is 0 Å². The van der Waals surface area contributed by atoms with Crippen LogP contribution in [0.4, 0.5) is 5.69 Å². The molecule has 0 spiro atoms. The first kappa shape index (κ1) is 21.0. The van der Waals surface area contributed by atoms with Gasteiger partial charge in [0.2, 0.25) is 0 Å². The number of benzene rings is 1. The van der Waals surface area contributed by atoms with E-state index in [4.69, 9.17) is 10.5 Å². The Morgan fingerprint density at radius 2 is 1.54 bits per heavy atom. The van der Waals surface area contributed by atoms with E-state index in [-0.39, 0.29) is 11.9 Å². The minimum atomic E-state index is -0.0338. The minimum Gasteiger partial charge on any atom is -0.504 e. The summed E-state index contributed by atoms with van der Waals surface area (Å²) >= 11 is 0. The molecular formula is C24H37NO3. The molecule has 0 amide bonds. The molecule has 0 unspecified atom stereocenters. The van der Waals surface area contributed by atoms with Crippen LogP contribution in [-0.2, 0) is 0 Å². The standard InChI is InChI=1S/C24H37NO3/c1-2-28-24-22(27)16-15-21(23(24)25)19-11-7-17(8-12-19)5-3-4-6-18-9-13-20(26)14-10-18/h2,15-20,26-27H,1,3-14,25H2. The summed E-state index contributed by atoms with van der Waals surface area (Å²) < 4.78 is 5.32. The van der Waals surface area contributed by atoms with E-state index in [1.165, 1.54) is 57.6 Å². The Balaban J connectivity index is 1.40. The van der Waals surface area contributed by atoms with Gasteiger partial charge in [0.25, 0.3) is 0 Å². The molecule has 0 saturated heterocycles. The first-order valence-electron chi connectivity index (χ1n) is 11.2. The van der Waals surface area contributed by atoms with Gasteiger partial charge in [-0.15, -0.1) is 0 Å². The first-order chi connectivity index (χ1) is 13.6.